The van der Waals surface area contributed by atoms with Crippen molar-refractivity contribution in [3.05, 3.63) is 4.88 Å². The largest absolute Gasteiger partial charge is 0.382 e. The third-order valence-corrected chi connectivity index (χ3v) is 4.22. The van der Waals surface area contributed by atoms with E-state index in [1.807, 2.05) is 6.92 Å². The van der Waals surface area contributed by atoms with Crippen LogP contribution in [0.5, 0.6) is 0 Å². The molecule has 7 nitrogen and oxygen atoms in total. The van der Waals surface area contributed by atoms with E-state index in [-0.39, 0.29) is 5.91 Å². The topological polar surface area (TPSA) is 89.7 Å². The zero-order valence-electron chi connectivity index (χ0n) is 12.3. The number of carbonyl (C=O) groups excluding carboxylic acids is 1. The van der Waals surface area contributed by atoms with Crippen LogP contribution in [0.1, 0.15) is 23.0 Å². The monoisotopic (exact) mass is 314 g/mol. The predicted octanol–water partition coefficient (Wildman–Crippen LogP) is 0.718. The van der Waals surface area contributed by atoms with Crippen LogP contribution in [0.15, 0.2) is 0 Å². The van der Waals surface area contributed by atoms with E-state index in [1.165, 1.54) is 11.3 Å². The zero-order valence-corrected chi connectivity index (χ0v) is 13.1. The Bertz CT molecular complexity index is 460. The van der Waals surface area contributed by atoms with Gasteiger partial charge in [-0.1, -0.05) is 11.3 Å². The van der Waals surface area contributed by atoms with Crippen molar-refractivity contribution in [2.75, 3.05) is 56.7 Å². The van der Waals surface area contributed by atoms with Gasteiger partial charge in [0, 0.05) is 32.8 Å². The van der Waals surface area contributed by atoms with Crippen LogP contribution in [-0.4, -0.2) is 57.0 Å². The number of carbonyl (C=O) groups is 1. The molecule has 1 aliphatic heterocycles. The van der Waals surface area contributed by atoms with E-state index in [2.05, 4.69) is 15.2 Å². The number of nitrogen functional groups attached to an aromatic ring is 1. The number of ether oxygens (including phenoxy) is 2. The van der Waals surface area contributed by atoms with Gasteiger partial charge in [-0.3, -0.25) is 4.79 Å². The number of nitrogens with two attached hydrogens (primary N) is 1. The van der Waals surface area contributed by atoms with Crippen molar-refractivity contribution in [1.82, 2.24) is 10.3 Å². The molecular weight excluding hydrogens is 292 g/mol. The van der Waals surface area contributed by atoms with E-state index in [4.69, 9.17) is 15.2 Å². The van der Waals surface area contributed by atoms with Gasteiger partial charge in [-0.25, -0.2) is 4.98 Å². The minimum Gasteiger partial charge on any atom is -0.382 e. The molecule has 0 atom stereocenters. The highest BCUT2D eigenvalue weighted by atomic mass is 32.1. The number of morpholine rings is 1. The first-order chi connectivity index (χ1) is 10.2. The molecule has 8 heteroatoms. The molecule has 1 aromatic heterocycles. The van der Waals surface area contributed by atoms with Gasteiger partial charge in [0.15, 0.2) is 5.13 Å². The highest BCUT2D eigenvalue weighted by Crippen LogP contribution is 2.28. The zero-order chi connectivity index (χ0) is 15.1. The van der Waals surface area contributed by atoms with E-state index in [0.717, 1.165) is 24.6 Å². The van der Waals surface area contributed by atoms with E-state index < -0.39 is 0 Å². The van der Waals surface area contributed by atoms with E-state index in [0.29, 0.717) is 43.7 Å². The molecule has 1 amide bonds. The Morgan fingerprint density at radius 1 is 1.52 bits per heavy atom. The maximum absolute atomic E-state index is 12.1. The lowest BCUT2D eigenvalue weighted by Gasteiger charge is -2.25. The number of anilines is 2. The van der Waals surface area contributed by atoms with Gasteiger partial charge in [-0.05, 0) is 13.3 Å². The predicted molar refractivity (Wildman–Crippen MR) is 83.0 cm³/mol. The summed E-state index contributed by atoms with van der Waals surface area (Å²) in [7, 11) is 0. The molecule has 0 unspecified atom stereocenters. The van der Waals surface area contributed by atoms with Crippen molar-refractivity contribution < 1.29 is 14.3 Å². The summed E-state index contributed by atoms with van der Waals surface area (Å²) in [6, 6.07) is 0. The quantitative estimate of drug-likeness (QED) is 0.721. The number of hydrogen-bond donors (Lipinski definition) is 2. The van der Waals surface area contributed by atoms with Crippen LogP contribution in [-0.2, 0) is 9.47 Å². The Morgan fingerprint density at radius 2 is 2.29 bits per heavy atom. The molecule has 0 aliphatic carbocycles. The van der Waals surface area contributed by atoms with Gasteiger partial charge in [0.1, 0.15) is 10.7 Å². The molecule has 1 saturated heterocycles. The van der Waals surface area contributed by atoms with Crippen molar-refractivity contribution in [3.8, 4) is 0 Å². The van der Waals surface area contributed by atoms with Crippen molar-refractivity contribution in [1.29, 1.82) is 0 Å². The molecule has 1 aliphatic rings. The Kier molecular flexibility index (Phi) is 6.21. The first-order valence-electron chi connectivity index (χ1n) is 7.17. The lowest BCUT2D eigenvalue weighted by molar-refractivity contribution is 0.0949. The second-order valence-corrected chi connectivity index (χ2v) is 5.59. The average Bonchev–Trinajstić information content (AvgIpc) is 2.90. The van der Waals surface area contributed by atoms with Crippen LogP contribution in [0.2, 0.25) is 0 Å². The number of hydrogen-bond acceptors (Lipinski definition) is 7. The van der Waals surface area contributed by atoms with Crippen LogP contribution >= 0.6 is 11.3 Å². The number of aromatic nitrogens is 1. The summed E-state index contributed by atoms with van der Waals surface area (Å²) < 4.78 is 10.5. The number of thiazole rings is 1. The third kappa shape index (κ3) is 4.55. The van der Waals surface area contributed by atoms with Crippen LogP contribution in [0.25, 0.3) is 0 Å². The Labute approximate surface area is 128 Å². The van der Waals surface area contributed by atoms with Gasteiger partial charge in [-0.15, -0.1) is 0 Å². The molecule has 1 fully saturated rings. The summed E-state index contributed by atoms with van der Waals surface area (Å²) in [5, 5.41) is 3.63. The Hall–Kier alpha value is -1.38. The molecule has 3 N–H and O–H groups in total. The van der Waals surface area contributed by atoms with E-state index >= 15 is 0 Å². The molecule has 21 heavy (non-hydrogen) atoms. The fourth-order valence-electron chi connectivity index (χ4n) is 1.97. The van der Waals surface area contributed by atoms with Gasteiger partial charge in [0.25, 0.3) is 5.91 Å². The van der Waals surface area contributed by atoms with Crippen LogP contribution in [0.4, 0.5) is 10.9 Å². The van der Waals surface area contributed by atoms with E-state index in [1.54, 1.807) is 0 Å². The summed E-state index contributed by atoms with van der Waals surface area (Å²) in [4.78, 5) is 19.0. The molecular formula is C13H22N4O3S. The molecule has 0 bridgehead atoms. The Balaban J connectivity index is 1.87. The molecule has 0 aromatic carbocycles. The highest BCUT2D eigenvalue weighted by Gasteiger charge is 2.20. The minimum atomic E-state index is -0.166. The molecule has 118 valence electrons. The average molecular weight is 314 g/mol. The SMILES string of the molecule is CCOCCCNC(=O)c1sc(N2CCOCC2)nc1N. The van der Waals surface area contributed by atoms with E-state index in [9.17, 15) is 4.79 Å². The third-order valence-electron chi connectivity index (χ3n) is 3.09. The van der Waals surface area contributed by atoms with Gasteiger partial charge in [0.05, 0.1) is 13.2 Å². The number of rotatable bonds is 7. The smallest absolute Gasteiger partial charge is 0.265 e. The second kappa shape index (κ2) is 8.16. The second-order valence-electron chi connectivity index (χ2n) is 4.62. The molecule has 0 spiro atoms. The number of nitrogens with one attached hydrogen (secondary N) is 1. The van der Waals surface area contributed by atoms with Crippen molar-refractivity contribution >= 4 is 28.2 Å². The molecule has 2 heterocycles. The minimum absolute atomic E-state index is 0.166. The van der Waals surface area contributed by atoms with Gasteiger partial charge < -0.3 is 25.4 Å². The van der Waals surface area contributed by atoms with Crippen molar-refractivity contribution in [2.24, 2.45) is 0 Å². The fourth-order valence-corrected chi connectivity index (χ4v) is 2.93. The summed E-state index contributed by atoms with van der Waals surface area (Å²) >= 11 is 1.33. The number of amides is 1. The first kappa shape index (κ1) is 16.0. The fraction of sp³-hybridized carbons (Fsp3) is 0.692. The lowest BCUT2D eigenvalue weighted by Crippen LogP contribution is -2.36. The molecule has 0 saturated carbocycles. The first-order valence-corrected chi connectivity index (χ1v) is 7.99. The molecule has 2 rings (SSSR count). The Morgan fingerprint density at radius 3 is 3.00 bits per heavy atom. The van der Waals surface area contributed by atoms with Crippen LogP contribution < -0.4 is 16.0 Å². The summed E-state index contributed by atoms with van der Waals surface area (Å²) in [6.07, 6.45) is 0.786. The summed E-state index contributed by atoms with van der Waals surface area (Å²) in [5.74, 6) is 0.129. The van der Waals surface area contributed by atoms with Crippen molar-refractivity contribution in [2.45, 2.75) is 13.3 Å². The summed E-state index contributed by atoms with van der Waals surface area (Å²) in [5.41, 5.74) is 5.86. The van der Waals surface area contributed by atoms with Crippen LogP contribution in [0, 0.1) is 0 Å². The lowest BCUT2D eigenvalue weighted by atomic mass is 10.4. The molecule has 0 radical (unpaired) electrons. The molecule has 1 aromatic rings. The van der Waals surface area contributed by atoms with Gasteiger partial charge >= 0.3 is 0 Å². The maximum Gasteiger partial charge on any atom is 0.265 e. The van der Waals surface area contributed by atoms with Crippen molar-refractivity contribution in [3.63, 3.8) is 0 Å². The highest BCUT2D eigenvalue weighted by molar-refractivity contribution is 7.18. The maximum atomic E-state index is 12.1. The van der Waals surface area contributed by atoms with Gasteiger partial charge in [0.2, 0.25) is 0 Å². The van der Waals surface area contributed by atoms with Crippen LogP contribution in [0.3, 0.4) is 0 Å². The summed E-state index contributed by atoms with van der Waals surface area (Å²) in [6.45, 7) is 6.78. The van der Waals surface area contributed by atoms with Gasteiger partial charge in [-0.2, -0.15) is 0 Å². The number of nitrogens with zero attached hydrogens (tertiary/aromatic N) is 2. The standard InChI is InChI=1S/C13H22N4O3S/c1-2-19-7-3-4-15-12(18)10-11(14)16-13(21-10)17-5-8-20-9-6-17/h2-9,14H2,1H3,(H,15,18). The normalized spacial score (nSPS) is 15.2.